The second-order valence-corrected chi connectivity index (χ2v) is 6.25. The van der Waals surface area contributed by atoms with E-state index in [1.54, 1.807) is 4.68 Å². The molecule has 3 heterocycles. The predicted octanol–water partition coefficient (Wildman–Crippen LogP) is 1.41. The number of piperazine rings is 1. The fraction of sp³-hybridized carbons (Fsp3) is 0.692. The third-order valence-corrected chi connectivity index (χ3v) is 5.18. The van der Waals surface area contributed by atoms with Crippen molar-refractivity contribution in [3.8, 4) is 0 Å². The Morgan fingerprint density at radius 1 is 1.37 bits per heavy atom. The van der Waals surface area contributed by atoms with Gasteiger partial charge in [-0.05, 0) is 42.2 Å². The van der Waals surface area contributed by atoms with E-state index in [9.17, 15) is 4.79 Å². The first kappa shape index (κ1) is 13.1. The van der Waals surface area contributed by atoms with Gasteiger partial charge in [0.05, 0.1) is 10.2 Å². The highest BCUT2D eigenvalue weighted by molar-refractivity contribution is 9.10. The monoisotopic (exact) mass is 326 g/mol. The molecule has 1 atom stereocenters. The fourth-order valence-corrected chi connectivity index (χ4v) is 3.70. The molecule has 0 radical (unpaired) electrons. The van der Waals surface area contributed by atoms with Crippen LogP contribution in [0.4, 0.5) is 0 Å². The second-order valence-electron chi connectivity index (χ2n) is 5.45. The molecule has 19 heavy (non-hydrogen) atoms. The van der Waals surface area contributed by atoms with Gasteiger partial charge in [-0.1, -0.05) is 0 Å². The summed E-state index contributed by atoms with van der Waals surface area (Å²) < 4.78 is 2.51. The van der Waals surface area contributed by atoms with Crippen LogP contribution in [0.15, 0.2) is 4.47 Å². The molecular formula is C13H19BrN4O. The topological polar surface area (TPSA) is 41.4 Å². The Morgan fingerprint density at radius 2 is 2.16 bits per heavy atom. The van der Waals surface area contributed by atoms with Crippen LogP contribution in [0.25, 0.3) is 0 Å². The molecule has 0 N–H and O–H groups in total. The third kappa shape index (κ3) is 2.21. The van der Waals surface area contributed by atoms with Gasteiger partial charge >= 0.3 is 0 Å². The van der Waals surface area contributed by atoms with Crippen molar-refractivity contribution < 1.29 is 4.79 Å². The molecule has 5 nitrogen and oxygen atoms in total. The number of halogens is 1. The van der Waals surface area contributed by atoms with E-state index in [2.05, 4.69) is 25.9 Å². The van der Waals surface area contributed by atoms with E-state index in [0.29, 0.717) is 11.7 Å². The Hall–Kier alpha value is -0.880. The van der Waals surface area contributed by atoms with E-state index in [-0.39, 0.29) is 5.91 Å². The van der Waals surface area contributed by atoms with Crippen molar-refractivity contribution in [3.05, 3.63) is 15.9 Å². The summed E-state index contributed by atoms with van der Waals surface area (Å²) in [6.07, 6.45) is 2.48. The van der Waals surface area contributed by atoms with Gasteiger partial charge in [-0.15, -0.1) is 0 Å². The van der Waals surface area contributed by atoms with Gasteiger partial charge in [0.15, 0.2) is 0 Å². The number of aromatic nitrogens is 2. The van der Waals surface area contributed by atoms with Crippen molar-refractivity contribution in [1.29, 1.82) is 0 Å². The van der Waals surface area contributed by atoms with Crippen molar-refractivity contribution in [2.45, 2.75) is 25.8 Å². The zero-order valence-electron chi connectivity index (χ0n) is 11.4. The van der Waals surface area contributed by atoms with E-state index >= 15 is 0 Å². The predicted molar refractivity (Wildman–Crippen MR) is 76.1 cm³/mol. The van der Waals surface area contributed by atoms with Gasteiger partial charge in [0.2, 0.25) is 0 Å². The lowest BCUT2D eigenvalue weighted by molar-refractivity contribution is 0.0560. The van der Waals surface area contributed by atoms with Crippen LogP contribution < -0.4 is 0 Å². The van der Waals surface area contributed by atoms with Gasteiger partial charge in [0, 0.05) is 32.7 Å². The van der Waals surface area contributed by atoms with Crippen LogP contribution >= 0.6 is 15.9 Å². The van der Waals surface area contributed by atoms with Crippen molar-refractivity contribution >= 4 is 21.8 Å². The Labute approximate surface area is 121 Å². The molecule has 1 unspecified atom stereocenters. The number of hydrogen-bond donors (Lipinski definition) is 0. The molecule has 2 aliphatic heterocycles. The molecule has 0 spiro atoms. The van der Waals surface area contributed by atoms with Crippen LogP contribution in [0.3, 0.4) is 0 Å². The maximum atomic E-state index is 12.7. The molecule has 1 amide bonds. The number of carbonyl (C=O) groups is 1. The van der Waals surface area contributed by atoms with E-state index in [4.69, 9.17) is 0 Å². The van der Waals surface area contributed by atoms with Crippen LogP contribution in [0.2, 0.25) is 0 Å². The van der Waals surface area contributed by atoms with Gasteiger partial charge in [0.1, 0.15) is 5.69 Å². The summed E-state index contributed by atoms with van der Waals surface area (Å²) in [4.78, 5) is 17.1. The van der Waals surface area contributed by atoms with Crippen molar-refractivity contribution in [2.75, 3.05) is 26.2 Å². The summed E-state index contributed by atoms with van der Waals surface area (Å²) in [5.41, 5.74) is 1.54. The molecule has 2 aliphatic rings. The number of rotatable bonds is 1. The van der Waals surface area contributed by atoms with E-state index in [1.807, 2.05) is 18.9 Å². The van der Waals surface area contributed by atoms with E-state index in [1.165, 1.54) is 19.4 Å². The lowest BCUT2D eigenvalue weighted by Gasteiger charge is -2.37. The Balaban J connectivity index is 1.80. The molecule has 0 aliphatic carbocycles. The highest BCUT2D eigenvalue weighted by Gasteiger charge is 2.34. The van der Waals surface area contributed by atoms with Crippen LogP contribution in [0.1, 0.15) is 29.0 Å². The molecule has 1 aromatic heterocycles. The smallest absolute Gasteiger partial charge is 0.273 e. The van der Waals surface area contributed by atoms with Crippen LogP contribution in [-0.4, -0.2) is 57.7 Å². The molecule has 3 rings (SSSR count). The van der Waals surface area contributed by atoms with Gasteiger partial charge in [-0.3, -0.25) is 14.4 Å². The quantitative estimate of drug-likeness (QED) is 0.783. The maximum absolute atomic E-state index is 12.7. The lowest BCUT2D eigenvalue weighted by Crippen LogP contribution is -2.52. The average Bonchev–Trinajstić information content (AvgIpc) is 2.94. The van der Waals surface area contributed by atoms with E-state index < -0.39 is 0 Å². The summed E-state index contributed by atoms with van der Waals surface area (Å²) in [7, 11) is 1.83. The Kier molecular flexibility index (Phi) is 3.39. The number of aryl methyl sites for hydroxylation is 2. The third-order valence-electron chi connectivity index (χ3n) is 4.23. The van der Waals surface area contributed by atoms with Crippen molar-refractivity contribution in [1.82, 2.24) is 19.6 Å². The van der Waals surface area contributed by atoms with Crippen LogP contribution in [0.5, 0.6) is 0 Å². The minimum absolute atomic E-state index is 0.0986. The molecule has 2 fully saturated rings. The Morgan fingerprint density at radius 3 is 2.84 bits per heavy atom. The number of amides is 1. The molecule has 6 heteroatoms. The van der Waals surface area contributed by atoms with Crippen LogP contribution in [0, 0.1) is 6.92 Å². The molecule has 0 bridgehead atoms. The van der Waals surface area contributed by atoms with Gasteiger partial charge in [-0.25, -0.2) is 0 Å². The molecule has 2 saturated heterocycles. The highest BCUT2D eigenvalue weighted by atomic mass is 79.9. The lowest BCUT2D eigenvalue weighted by atomic mass is 10.1. The maximum Gasteiger partial charge on any atom is 0.273 e. The SMILES string of the molecule is Cc1nn(C)c(C(=O)N2CCN3CCCC3C2)c1Br. The van der Waals surface area contributed by atoms with Gasteiger partial charge in [0.25, 0.3) is 5.91 Å². The van der Waals surface area contributed by atoms with Gasteiger partial charge in [-0.2, -0.15) is 5.10 Å². The first-order chi connectivity index (χ1) is 9.08. The standard InChI is InChI=1S/C13H19BrN4O/c1-9-11(14)12(16(2)15-9)13(19)18-7-6-17-5-3-4-10(17)8-18/h10H,3-8H2,1-2H3. The fourth-order valence-electron chi connectivity index (χ4n) is 3.19. The second kappa shape index (κ2) is 4.90. The highest BCUT2D eigenvalue weighted by Crippen LogP contribution is 2.25. The molecule has 0 aromatic carbocycles. The van der Waals surface area contributed by atoms with E-state index in [0.717, 1.165) is 29.8 Å². The minimum Gasteiger partial charge on any atom is -0.334 e. The largest absolute Gasteiger partial charge is 0.334 e. The summed E-state index contributed by atoms with van der Waals surface area (Å²) in [6, 6.07) is 0.561. The first-order valence-corrected chi connectivity index (χ1v) is 7.59. The molecule has 104 valence electrons. The van der Waals surface area contributed by atoms with Crippen molar-refractivity contribution in [3.63, 3.8) is 0 Å². The summed E-state index contributed by atoms with van der Waals surface area (Å²) in [6.45, 7) is 5.79. The summed E-state index contributed by atoms with van der Waals surface area (Å²) in [5.74, 6) is 0.0986. The van der Waals surface area contributed by atoms with Gasteiger partial charge < -0.3 is 4.90 Å². The average molecular weight is 327 g/mol. The summed E-state index contributed by atoms with van der Waals surface area (Å²) in [5, 5.41) is 4.30. The number of nitrogens with zero attached hydrogens (tertiary/aromatic N) is 4. The molecule has 1 aromatic rings. The number of fused-ring (bicyclic) bond motifs is 1. The minimum atomic E-state index is 0.0986. The van der Waals surface area contributed by atoms with Crippen LogP contribution in [-0.2, 0) is 7.05 Å². The van der Waals surface area contributed by atoms with Crippen molar-refractivity contribution in [2.24, 2.45) is 7.05 Å². The number of carbonyl (C=O) groups excluding carboxylic acids is 1. The molecular weight excluding hydrogens is 308 g/mol. The normalized spacial score (nSPS) is 23.7. The zero-order valence-corrected chi connectivity index (χ0v) is 13.0. The Bertz CT molecular complexity index is 513. The first-order valence-electron chi connectivity index (χ1n) is 6.80. The number of hydrogen-bond acceptors (Lipinski definition) is 3. The summed E-state index contributed by atoms with van der Waals surface area (Å²) >= 11 is 3.48. The molecule has 0 saturated carbocycles. The zero-order chi connectivity index (χ0) is 13.6.